The van der Waals surface area contributed by atoms with Crippen molar-refractivity contribution in [1.82, 2.24) is 14.8 Å². The molecule has 6 heteroatoms. The second-order valence-electron chi connectivity index (χ2n) is 6.33. The van der Waals surface area contributed by atoms with Gasteiger partial charge in [-0.05, 0) is 52.3 Å². The van der Waals surface area contributed by atoms with Gasteiger partial charge in [-0.2, -0.15) is 0 Å². The summed E-state index contributed by atoms with van der Waals surface area (Å²) in [6, 6.07) is 0. The molecule has 0 spiro atoms. The van der Waals surface area contributed by atoms with E-state index in [1.807, 2.05) is 11.8 Å². The SMILES string of the molecule is CCCN1CCCN(C(=O)c2[nH]c(C)c(C(=O)OCC)c2C)CC1. The summed E-state index contributed by atoms with van der Waals surface area (Å²) >= 11 is 0. The minimum atomic E-state index is -0.368. The first kappa shape index (κ1) is 18.5. The first-order chi connectivity index (χ1) is 11.5. The molecule has 1 aromatic rings. The molecule has 1 N–H and O–H groups in total. The minimum absolute atomic E-state index is 0.0236. The standard InChI is InChI=1S/C18H29N3O3/c1-5-8-20-9-7-10-21(12-11-20)17(22)16-13(3)15(14(4)19-16)18(23)24-6-2/h19H,5-12H2,1-4H3. The van der Waals surface area contributed by atoms with Crippen molar-refractivity contribution in [2.45, 2.75) is 40.5 Å². The Morgan fingerprint density at radius 2 is 1.88 bits per heavy atom. The molecular weight excluding hydrogens is 306 g/mol. The van der Waals surface area contributed by atoms with Gasteiger partial charge in [-0.1, -0.05) is 6.92 Å². The van der Waals surface area contributed by atoms with Gasteiger partial charge in [0, 0.05) is 25.3 Å². The zero-order chi connectivity index (χ0) is 17.7. The molecule has 0 saturated carbocycles. The molecule has 1 aliphatic rings. The van der Waals surface area contributed by atoms with Crippen molar-refractivity contribution in [1.29, 1.82) is 0 Å². The summed E-state index contributed by atoms with van der Waals surface area (Å²) in [4.78, 5) is 32.4. The number of carbonyl (C=O) groups is 2. The normalized spacial score (nSPS) is 16.1. The fourth-order valence-electron chi connectivity index (χ4n) is 3.35. The highest BCUT2D eigenvalue weighted by Crippen LogP contribution is 2.21. The van der Waals surface area contributed by atoms with Crippen molar-refractivity contribution in [3.05, 3.63) is 22.5 Å². The van der Waals surface area contributed by atoms with Gasteiger partial charge in [-0.3, -0.25) is 4.79 Å². The monoisotopic (exact) mass is 335 g/mol. The molecule has 1 aliphatic heterocycles. The van der Waals surface area contributed by atoms with Crippen LogP contribution in [0.3, 0.4) is 0 Å². The Kier molecular flexibility index (Phi) is 6.43. The van der Waals surface area contributed by atoms with Gasteiger partial charge < -0.3 is 19.5 Å². The number of ether oxygens (including phenoxy) is 1. The van der Waals surface area contributed by atoms with Gasteiger partial charge in [0.1, 0.15) is 5.69 Å². The maximum atomic E-state index is 12.9. The van der Waals surface area contributed by atoms with E-state index >= 15 is 0 Å². The molecule has 1 aromatic heterocycles. The Morgan fingerprint density at radius 3 is 2.54 bits per heavy atom. The Morgan fingerprint density at radius 1 is 1.12 bits per heavy atom. The number of amides is 1. The average Bonchev–Trinajstić information content (AvgIpc) is 2.72. The van der Waals surface area contributed by atoms with Crippen LogP contribution in [-0.4, -0.2) is 66.0 Å². The first-order valence-corrected chi connectivity index (χ1v) is 8.87. The van der Waals surface area contributed by atoms with Crippen LogP contribution in [0.1, 0.15) is 58.8 Å². The van der Waals surface area contributed by atoms with Crippen LogP contribution in [-0.2, 0) is 4.74 Å². The van der Waals surface area contributed by atoms with E-state index < -0.39 is 0 Å². The van der Waals surface area contributed by atoms with Crippen molar-refractivity contribution >= 4 is 11.9 Å². The van der Waals surface area contributed by atoms with E-state index in [1.165, 1.54) is 0 Å². The first-order valence-electron chi connectivity index (χ1n) is 8.87. The summed E-state index contributed by atoms with van der Waals surface area (Å²) in [7, 11) is 0. The van der Waals surface area contributed by atoms with Crippen LogP contribution in [0.4, 0.5) is 0 Å². The Bertz CT molecular complexity index is 595. The van der Waals surface area contributed by atoms with E-state index in [0.717, 1.165) is 45.6 Å². The van der Waals surface area contributed by atoms with E-state index in [2.05, 4.69) is 16.8 Å². The molecule has 0 bridgehead atoms. The van der Waals surface area contributed by atoms with Crippen molar-refractivity contribution in [2.24, 2.45) is 0 Å². The number of hydrogen-bond donors (Lipinski definition) is 1. The number of hydrogen-bond acceptors (Lipinski definition) is 4. The highest BCUT2D eigenvalue weighted by molar-refractivity contribution is 6.00. The van der Waals surface area contributed by atoms with Crippen LogP contribution < -0.4 is 0 Å². The number of esters is 1. The predicted molar refractivity (Wildman–Crippen MR) is 93.5 cm³/mol. The van der Waals surface area contributed by atoms with Crippen LogP contribution in [0.2, 0.25) is 0 Å². The summed E-state index contributed by atoms with van der Waals surface area (Å²) in [6.07, 6.45) is 2.11. The average molecular weight is 335 g/mol. The highest BCUT2D eigenvalue weighted by atomic mass is 16.5. The van der Waals surface area contributed by atoms with Crippen molar-refractivity contribution in [3.8, 4) is 0 Å². The van der Waals surface area contributed by atoms with Crippen molar-refractivity contribution in [2.75, 3.05) is 39.3 Å². The van der Waals surface area contributed by atoms with Crippen LogP contribution >= 0.6 is 0 Å². The topological polar surface area (TPSA) is 65.6 Å². The van der Waals surface area contributed by atoms with Crippen LogP contribution in [0.25, 0.3) is 0 Å². The molecule has 2 heterocycles. The lowest BCUT2D eigenvalue weighted by Crippen LogP contribution is -2.35. The number of carbonyl (C=O) groups excluding carboxylic acids is 2. The molecule has 0 unspecified atom stereocenters. The number of aromatic amines is 1. The molecule has 0 radical (unpaired) electrons. The number of nitrogens with zero attached hydrogens (tertiary/aromatic N) is 2. The number of nitrogens with one attached hydrogen (secondary N) is 1. The zero-order valence-corrected chi connectivity index (χ0v) is 15.3. The smallest absolute Gasteiger partial charge is 0.340 e. The summed E-state index contributed by atoms with van der Waals surface area (Å²) in [6.45, 7) is 12.4. The Labute approximate surface area is 144 Å². The number of aromatic nitrogens is 1. The van der Waals surface area contributed by atoms with Crippen molar-refractivity contribution < 1.29 is 14.3 Å². The van der Waals surface area contributed by atoms with Crippen LogP contribution in [0.5, 0.6) is 0 Å². The van der Waals surface area contributed by atoms with E-state index in [1.54, 1.807) is 13.8 Å². The third-order valence-electron chi connectivity index (χ3n) is 4.55. The molecular formula is C18H29N3O3. The molecule has 2 rings (SSSR count). The summed E-state index contributed by atoms with van der Waals surface area (Å²) in [5.74, 6) is -0.391. The second-order valence-corrected chi connectivity index (χ2v) is 6.33. The van der Waals surface area contributed by atoms with Gasteiger partial charge in [0.25, 0.3) is 5.91 Å². The molecule has 0 atom stereocenters. The number of H-pyrrole nitrogens is 1. The van der Waals surface area contributed by atoms with Gasteiger partial charge in [-0.15, -0.1) is 0 Å². The van der Waals surface area contributed by atoms with E-state index in [9.17, 15) is 9.59 Å². The van der Waals surface area contributed by atoms with Crippen LogP contribution in [0, 0.1) is 13.8 Å². The fraction of sp³-hybridized carbons (Fsp3) is 0.667. The lowest BCUT2D eigenvalue weighted by atomic mass is 10.1. The summed E-state index contributed by atoms with van der Waals surface area (Å²) in [5, 5.41) is 0. The van der Waals surface area contributed by atoms with Gasteiger partial charge in [-0.25, -0.2) is 4.79 Å². The maximum Gasteiger partial charge on any atom is 0.340 e. The molecule has 24 heavy (non-hydrogen) atoms. The third kappa shape index (κ3) is 3.98. The molecule has 0 aliphatic carbocycles. The molecule has 1 saturated heterocycles. The lowest BCUT2D eigenvalue weighted by Gasteiger charge is -2.21. The third-order valence-corrected chi connectivity index (χ3v) is 4.55. The van der Waals surface area contributed by atoms with Crippen LogP contribution in [0.15, 0.2) is 0 Å². The summed E-state index contributed by atoms with van der Waals surface area (Å²) < 4.78 is 5.10. The maximum absolute atomic E-state index is 12.9. The molecule has 6 nitrogen and oxygen atoms in total. The minimum Gasteiger partial charge on any atom is -0.462 e. The largest absolute Gasteiger partial charge is 0.462 e. The molecule has 1 fully saturated rings. The van der Waals surface area contributed by atoms with Gasteiger partial charge >= 0.3 is 5.97 Å². The highest BCUT2D eigenvalue weighted by Gasteiger charge is 2.27. The Hall–Kier alpha value is -1.82. The van der Waals surface area contributed by atoms with Gasteiger partial charge in [0.15, 0.2) is 0 Å². The number of aryl methyl sites for hydroxylation is 1. The second kappa shape index (κ2) is 8.33. The summed E-state index contributed by atoms with van der Waals surface area (Å²) in [5.41, 5.74) is 2.38. The van der Waals surface area contributed by atoms with E-state index in [-0.39, 0.29) is 11.9 Å². The quantitative estimate of drug-likeness (QED) is 0.839. The lowest BCUT2D eigenvalue weighted by molar-refractivity contribution is 0.0525. The van der Waals surface area contributed by atoms with Gasteiger partial charge in [0.2, 0.25) is 0 Å². The molecule has 134 valence electrons. The van der Waals surface area contributed by atoms with E-state index in [0.29, 0.717) is 29.1 Å². The zero-order valence-electron chi connectivity index (χ0n) is 15.3. The van der Waals surface area contributed by atoms with Gasteiger partial charge in [0.05, 0.1) is 12.2 Å². The molecule has 0 aromatic carbocycles. The Balaban J connectivity index is 2.15. The predicted octanol–water partition coefficient (Wildman–Crippen LogP) is 2.37. The molecule has 1 amide bonds. The van der Waals surface area contributed by atoms with Crippen molar-refractivity contribution in [3.63, 3.8) is 0 Å². The number of rotatable bonds is 5. The fourth-order valence-corrected chi connectivity index (χ4v) is 3.35. The van der Waals surface area contributed by atoms with E-state index in [4.69, 9.17) is 4.74 Å².